The summed E-state index contributed by atoms with van der Waals surface area (Å²) in [6.45, 7) is 4.24. The third-order valence-corrected chi connectivity index (χ3v) is 6.14. The maximum absolute atomic E-state index is 10.5. The van der Waals surface area contributed by atoms with Gasteiger partial charge >= 0.3 is 0 Å². The van der Waals surface area contributed by atoms with Crippen molar-refractivity contribution >= 4 is 11.8 Å². The highest BCUT2D eigenvalue weighted by Crippen LogP contribution is 2.29. The molecule has 0 saturated heterocycles. The van der Waals surface area contributed by atoms with Gasteiger partial charge in [0.05, 0.1) is 13.2 Å². The second-order valence-corrected chi connectivity index (χ2v) is 8.61. The van der Waals surface area contributed by atoms with Crippen LogP contribution < -0.4 is 9.47 Å². The van der Waals surface area contributed by atoms with Crippen molar-refractivity contribution in [2.24, 2.45) is 0 Å². The molecule has 1 unspecified atom stereocenters. The zero-order chi connectivity index (χ0) is 23.2. The van der Waals surface area contributed by atoms with Crippen LogP contribution in [-0.2, 0) is 0 Å². The second-order valence-electron chi connectivity index (χ2n) is 7.62. The lowest BCUT2D eigenvalue weighted by molar-refractivity contribution is 0.126. The van der Waals surface area contributed by atoms with Crippen molar-refractivity contribution < 1.29 is 14.6 Å². The molecule has 0 aliphatic heterocycles. The van der Waals surface area contributed by atoms with E-state index in [9.17, 15) is 5.11 Å². The van der Waals surface area contributed by atoms with Crippen LogP contribution in [-0.4, -0.2) is 50.4 Å². The van der Waals surface area contributed by atoms with Crippen LogP contribution in [0.3, 0.4) is 0 Å². The van der Waals surface area contributed by atoms with Crippen molar-refractivity contribution in [3.8, 4) is 28.6 Å². The van der Waals surface area contributed by atoms with E-state index in [1.807, 2.05) is 66.9 Å². The number of hydrogen-bond donors (Lipinski definition) is 1. The van der Waals surface area contributed by atoms with E-state index in [0.29, 0.717) is 16.7 Å². The summed E-state index contributed by atoms with van der Waals surface area (Å²) in [7, 11) is 1.64. The Balaban J connectivity index is 1.51. The number of thioether (sulfide) groups is 1. The summed E-state index contributed by atoms with van der Waals surface area (Å²) in [4.78, 5) is 4.09. The molecular formula is C25H26N4O3S. The van der Waals surface area contributed by atoms with Crippen LogP contribution in [0, 0.1) is 13.8 Å². The molecule has 2 heterocycles. The molecule has 2 aromatic carbocycles. The molecule has 0 amide bonds. The van der Waals surface area contributed by atoms with Gasteiger partial charge in [-0.05, 0) is 61.9 Å². The predicted octanol–water partition coefficient (Wildman–Crippen LogP) is 4.49. The number of aliphatic hydroxyl groups excluding tert-OH is 1. The first-order chi connectivity index (χ1) is 16.0. The van der Waals surface area contributed by atoms with E-state index in [4.69, 9.17) is 9.47 Å². The van der Waals surface area contributed by atoms with Crippen LogP contribution in [0.2, 0.25) is 0 Å². The number of ether oxygens (including phenoxy) is 2. The van der Waals surface area contributed by atoms with Crippen molar-refractivity contribution in [1.29, 1.82) is 0 Å². The Kier molecular flexibility index (Phi) is 7.26. The number of benzene rings is 2. The topological polar surface area (TPSA) is 82.3 Å². The molecule has 33 heavy (non-hydrogen) atoms. The maximum Gasteiger partial charge on any atom is 0.196 e. The number of aliphatic hydroxyl groups is 1. The Morgan fingerprint density at radius 2 is 1.76 bits per heavy atom. The van der Waals surface area contributed by atoms with Gasteiger partial charge in [0.25, 0.3) is 0 Å². The van der Waals surface area contributed by atoms with E-state index in [2.05, 4.69) is 21.2 Å². The Bertz CT molecular complexity index is 1200. The fourth-order valence-corrected chi connectivity index (χ4v) is 4.24. The molecule has 0 saturated carbocycles. The third kappa shape index (κ3) is 5.53. The molecule has 0 bridgehead atoms. The molecule has 0 radical (unpaired) electrons. The van der Waals surface area contributed by atoms with Crippen LogP contribution in [0.25, 0.3) is 17.1 Å². The van der Waals surface area contributed by atoms with E-state index in [1.165, 1.54) is 17.3 Å². The number of methoxy groups -OCH3 is 1. The number of rotatable bonds is 9. The normalized spacial score (nSPS) is 11.9. The molecule has 0 spiro atoms. The number of pyridine rings is 1. The van der Waals surface area contributed by atoms with Crippen molar-refractivity contribution in [2.75, 3.05) is 19.5 Å². The van der Waals surface area contributed by atoms with Crippen molar-refractivity contribution in [1.82, 2.24) is 19.7 Å². The van der Waals surface area contributed by atoms with Gasteiger partial charge in [-0.1, -0.05) is 29.5 Å². The molecule has 0 aliphatic carbocycles. The summed E-state index contributed by atoms with van der Waals surface area (Å²) < 4.78 is 13.1. The number of nitrogens with zero attached hydrogens (tertiary/aromatic N) is 4. The quantitative estimate of drug-likeness (QED) is 0.367. The van der Waals surface area contributed by atoms with Gasteiger partial charge in [0.2, 0.25) is 0 Å². The van der Waals surface area contributed by atoms with E-state index >= 15 is 0 Å². The Hall–Kier alpha value is -3.36. The largest absolute Gasteiger partial charge is 0.497 e. The van der Waals surface area contributed by atoms with E-state index in [1.54, 1.807) is 19.5 Å². The minimum atomic E-state index is -0.666. The highest BCUT2D eigenvalue weighted by molar-refractivity contribution is 7.99. The molecule has 1 atom stereocenters. The van der Waals surface area contributed by atoms with E-state index in [0.717, 1.165) is 28.3 Å². The van der Waals surface area contributed by atoms with E-state index < -0.39 is 6.10 Å². The Morgan fingerprint density at radius 1 is 1.00 bits per heavy atom. The van der Waals surface area contributed by atoms with Gasteiger partial charge in [-0.25, -0.2) is 0 Å². The minimum absolute atomic E-state index is 0.199. The molecule has 0 aliphatic rings. The van der Waals surface area contributed by atoms with Gasteiger partial charge in [0.1, 0.15) is 18.1 Å². The van der Waals surface area contributed by atoms with Crippen LogP contribution >= 0.6 is 11.8 Å². The molecule has 7 nitrogen and oxygen atoms in total. The zero-order valence-electron chi connectivity index (χ0n) is 18.8. The molecule has 1 N–H and O–H groups in total. The Morgan fingerprint density at radius 3 is 2.45 bits per heavy atom. The van der Waals surface area contributed by atoms with Crippen LogP contribution in [0.5, 0.6) is 11.5 Å². The average Bonchev–Trinajstić information content (AvgIpc) is 3.27. The number of hydrogen-bond acceptors (Lipinski definition) is 7. The lowest BCUT2D eigenvalue weighted by Gasteiger charge is -2.15. The molecule has 0 fully saturated rings. The third-order valence-electron chi connectivity index (χ3n) is 5.07. The predicted molar refractivity (Wildman–Crippen MR) is 129 cm³/mol. The first kappa shape index (κ1) is 22.8. The summed E-state index contributed by atoms with van der Waals surface area (Å²) in [5.41, 5.74) is 4.03. The smallest absolute Gasteiger partial charge is 0.196 e. The van der Waals surface area contributed by atoms with Gasteiger partial charge in [0, 0.05) is 29.4 Å². The zero-order valence-corrected chi connectivity index (χ0v) is 19.6. The standard InChI is InChI=1S/C25H26N4O3S/c1-17-4-9-23(18(2)14-17)32-15-21(30)16-33-25-28-27-24(19-10-12-26-13-11-19)29(25)20-5-7-22(31-3)8-6-20/h4-14,21,30H,15-16H2,1-3H3. The van der Waals surface area contributed by atoms with Crippen LogP contribution in [0.15, 0.2) is 72.1 Å². The minimum Gasteiger partial charge on any atom is -0.497 e. The average molecular weight is 463 g/mol. The second kappa shape index (κ2) is 10.5. The van der Waals surface area contributed by atoms with Gasteiger partial charge in [-0.15, -0.1) is 10.2 Å². The lowest BCUT2D eigenvalue weighted by atomic mass is 10.1. The molecular weight excluding hydrogens is 436 g/mol. The van der Waals surface area contributed by atoms with Crippen molar-refractivity contribution in [3.05, 3.63) is 78.1 Å². The molecule has 2 aromatic heterocycles. The molecule has 4 rings (SSSR count). The highest BCUT2D eigenvalue weighted by atomic mass is 32.2. The monoisotopic (exact) mass is 462 g/mol. The first-order valence-corrected chi connectivity index (χ1v) is 11.5. The number of aromatic nitrogens is 4. The van der Waals surface area contributed by atoms with E-state index in [-0.39, 0.29) is 6.61 Å². The van der Waals surface area contributed by atoms with Crippen molar-refractivity contribution in [2.45, 2.75) is 25.1 Å². The van der Waals surface area contributed by atoms with Gasteiger partial charge in [0.15, 0.2) is 11.0 Å². The lowest BCUT2D eigenvalue weighted by Crippen LogP contribution is -2.20. The van der Waals surface area contributed by atoms with Crippen molar-refractivity contribution in [3.63, 3.8) is 0 Å². The van der Waals surface area contributed by atoms with Crippen LogP contribution in [0.4, 0.5) is 0 Å². The molecule has 170 valence electrons. The molecule has 4 aromatic rings. The fraction of sp³-hybridized carbons (Fsp3) is 0.240. The number of aryl methyl sites for hydroxylation is 2. The SMILES string of the molecule is COc1ccc(-n2c(SCC(O)COc3ccc(C)cc3C)nnc2-c2ccncc2)cc1. The summed E-state index contributed by atoms with van der Waals surface area (Å²) in [6, 6.07) is 17.5. The maximum atomic E-state index is 10.5. The summed E-state index contributed by atoms with van der Waals surface area (Å²) in [5.74, 6) is 2.66. The first-order valence-electron chi connectivity index (χ1n) is 10.6. The summed E-state index contributed by atoms with van der Waals surface area (Å²) >= 11 is 1.43. The van der Waals surface area contributed by atoms with Crippen LogP contribution in [0.1, 0.15) is 11.1 Å². The summed E-state index contributed by atoms with van der Waals surface area (Å²) in [6.07, 6.45) is 2.79. The van der Waals surface area contributed by atoms with Gasteiger partial charge in [-0.2, -0.15) is 0 Å². The summed E-state index contributed by atoms with van der Waals surface area (Å²) in [5, 5.41) is 20.0. The van der Waals surface area contributed by atoms with Gasteiger partial charge in [-0.3, -0.25) is 9.55 Å². The molecule has 8 heteroatoms. The fourth-order valence-electron chi connectivity index (χ4n) is 3.38. The Labute approximate surface area is 197 Å². The highest BCUT2D eigenvalue weighted by Gasteiger charge is 2.18. The van der Waals surface area contributed by atoms with Gasteiger partial charge < -0.3 is 14.6 Å².